The van der Waals surface area contributed by atoms with Crippen molar-refractivity contribution in [3.63, 3.8) is 0 Å². The van der Waals surface area contributed by atoms with Crippen molar-refractivity contribution in [1.29, 1.82) is 0 Å². The van der Waals surface area contributed by atoms with Crippen LogP contribution in [-0.4, -0.2) is 28.9 Å². The van der Waals surface area contributed by atoms with E-state index in [0.717, 1.165) is 30.0 Å². The molecular weight excluding hydrogens is 226 g/mol. The van der Waals surface area contributed by atoms with E-state index < -0.39 is 0 Å². The van der Waals surface area contributed by atoms with Gasteiger partial charge in [0, 0.05) is 11.9 Å². The number of rotatable bonds is 1. The number of para-hydroxylation sites is 1. The van der Waals surface area contributed by atoms with E-state index in [2.05, 4.69) is 39.9 Å². The van der Waals surface area contributed by atoms with Gasteiger partial charge in [-0.05, 0) is 12.5 Å². The first-order chi connectivity index (χ1) is 8.84. The number of nitrogens with one attached hydrogen (secondary N) is 2. The summed E-state index contributed by atoms with van der Waals surface area (Å²) in [6.45, 7) is 7.78. The number of fused-ring (bicyclic) bond motifs is 1. The summed E-state index contributed by atoms with van der Waals surface area (Å²) < 4.78 is 0. The summed E-state index contributed by atoms with van der Waals surface area (Å²) in [6.07, 6.45) is 1.85. The van der Waals surface area contributed by atoms with Crippen LogP contribution in [0.3, 0.4) is 0 Å². The van der Waals surface area contributed by atoms with Gasteiger partial charge in [0.15, 0.2) is 0 Å². The molecule has 3 rings (SSSR count). The number of benzene rings is 1. The summed E-state index contributed by atoms with van der Waals surface area (Å²) in [4.78, 5) is 6.05. The van der Waals surface area contributed by atoms with E-state index in [1.807, 2.05) is 26.1 Å². The van der Waals surface area contributed by atoms with Gasteiger partial charge in [0.2, 0.25) is 5.96 Å². The number of hydrogen-bond donors (Lipinski definition) is 2. The minimum Gasteiger partial charge on any atom is -0.353 e. The van der Waals surface area contributed by atoms with Crippen LogP contribution in [0.1, 0.15) is 19.4 Å². The molecule has 0 bridgehead atoms. The molecule has 0 fully saturated rings. The van der Waals surface area contributed by atoms with Crippen molar-refractivity contribution in [2.45, 2.75) is 20.8 Å². The molecule has 0 atom stereocenters. The minimum absolute atomic E-state index is 0.785. The lowest BCUT2D eigenvalue weighted by Crippen LogP contribution is -2.33. The average Bonchev–Trinajstić information content (AvgIpc) is 3.03. The molecule has 1 aromatic heterocycles. The monoisotopic (exact) mass is 245 g/mol. The van der Waals surface area contributed by atoms with Gasteiger partial charge in [-0.25, -0.2) is 10.4 Å². The zero-order valence-corrected chi connectivity index (χ0v) is 11.1. The molecule has 0 saturated carbocycles. The van der Waals surface area contributed by atoms with E-state index in [9.17, 15) is 0 Å². The van der Waals surface area contributed by atoms with E-state index in [4.69, 9.17) is 0 Å². The van der Waals surface area contributed by atoms with E-state index in [1.54, 1.807) is 4.79 Å². The fourth-order valence-corrected chi connectivity index (χ4v) is 1.91. The fraction of sp³-hybridized carbons (Fsp3) is 0.385. The molecule has 5 nitrogen and oxygen atoms in total. The molecule has 0 unspecified atom stereocenters. The first-order valence-electron chi connectivity index (χ1n) is 6.33. The van der Waals surface area contributed by atoms with Gasteiger partial charge in [-0.1, -0.05) is 32.0 Å². The summed E-state index contributed by atoms with van der Waals surface area (Å²) in [6, 6.07) is 6.17. The molecule has 0 spiro atoms. The van der Waals surface area contributed by atoms with Crippen LogP contribution in [0.2, 0.25) is 0 Å². The Morgan fingerprint density at radius 3 is 2.89 bits per heavy atom. The van der Waals surface area contributed by atoms with Gasteiger partial charge < -0.3 is 5.32 Å². The Hall–Kier alpha value is -2.04. The minimum atomic E-state index is 0.785. The molecule has 2 N–H and O–H groups in total. The highest BCUT2D eigenvalue weighted by Gasteiger charge is 2.09. The first kappa shape index (κ1) is 12.4. The lowest BCUT2D eigenvalue weighted by atomic mass is 10.2. The number of aliphatic imine (C=N–C) groups is 1. The van der Waals surface area contributed by atoms with Crippen LogP contribution in [0.4, 0.5) is 0 Å². The predicted octanol–water partition coefficient (Wildman–Crippen LogP) is 1.87. The SMILES string of the molecule is CC.Cc1cccc2cnn(NC3=NCCN3)c12. The number of nitrogens with zero attached hydrogens (tertiary/aromatic N) is 3. The molecule has 1 aliphatic heterocycles. The molecule has 0 aliphatic carbocycles. The maximum absolute atomic E-state index is 4.30. The van der Waals surface area contributed by atoms with Crippen LogP contribution in [0.5, 0.6) is 0 Å². The summed E-state index contributed by atoms with van der Waals surface area (Å²) in [5, 5.41) is 8.59. The van der Waals surface area contributed by atoms with Gasteiger partial charge in [-0.3, -0.25) is 0 Å². The average molecular weight is 245 g/mol. The fourth-order valence-electron chi connectivity index (χ4n) is 1.91. The molecule has 0 saturated heterocycles. The molecule has 2 aromatic rings. The van der Waals surface area contributed by atoms with Gasteiger partial charge >= 0.3 is 0 Å². The largest absolute Gasteiger partial charge is 0.353 e. The van der Waals surface area contributed by atoms with Gasteiger partial charge in [0.1, 0.15) is 0 Å². The third-order valence-electron chi connectivity index (χ3n) is 2.68. The van der Waals surface area contributed by atoms with Gasteiger partial charge in [-0.15, -0.1) is 0 Å². The van der Waals surface area contributed by atoms with E-state index >= 15 is 0 Å². The van der Waals surface area contributed by atoms with Crippen molar-refractivity contribution >= 4 is 16.9 Å². The zero-order valence-electron chi connectivity index (χ0n) is 11.1. The first-order valence-corrected chi connectivity index (χ1v) is 6.33. The molecule has 2 heterocycles. The van der Waals surface area contributed by atoms with Crippen molar-refractivity contribution < 1.29 is 0 Å². The van der Waals surface area contributed by atoms with E-state index in [-0.39, 0.29) is 0 Å². The standard InChI is InChI=1S/C11H13N5.C2H6/c1-8-3-2-4-9-7-14-16(10(8)9)15-11-12-5-6-13-11;1-2/h2-4,7H,5-6H2,1H3,(H2,12,13,15);1-2H3. The van der Waals surface area contributed by atoms with Gasteiger partial charge in [-0.2, -0.15) is 9.89 Å². The van der Waals surface area contributed by atoms with Crippen LogP contribution in [0, 0.1) is 6.92 Å². The molecule has 0 radical (unpaired) electrons. The smallest absolute Gasteiger partial charge is 0.212 e. The number of aromatic nitrogens is 2. The second-order valence-electron chi connectivity index (χ2n) is 3.84. The molecule has 18 heavy (non-hydrogen) atoms. The highest BCUT2D eigenvalue weighted by atomic mass is 15.6. The Morgan fingerprint density at radius 1 is 1.33 bits per heavy atom. The van der Waals surface area contributed by atoms with Crippen LogP contribution < -0.4 is 10.7 Å². The normalized spacial score (nSPS) is 13.6. The summed E-state index contributed by atoms with van der Waals surface area (Å²) >= 11 is 0. The quantitative estimate of drug-likeness (QED) is 0.806. The maximum Gasteiger partial charge on any atom is 0.212 e. The Labute approximate surface area is 107 Å². The zero-order chi connectivity index (χ0) is 13.0. The molecule has 0 amide bonds. The van der Waals surface area contributed by atoms with Crippen molar-refractivity contribution in [2.75, 3.05) is 18.5 Å². The Balaban J connectivity index is 0.000000574. The van der Waals surface area contributed by atoms with E-state index in [0.29, 0.717) is 0 Å². The van der Waals surface area contributed by atoms with Gasteiger partial charge in [0.25, 0.3) is 0 Å². The summed E-state index contributed by atoms with van der Waals surface area (Å²) in [7, 11) is 0. The molecule has 96 valence electrons. The number of aryl methyl sites for hydroxylation is 1. The van der Waals surface area contributed by atoms with Gasteiger partial charge in [0.05, 0.1) is 18.3 Å². The second kappa shape index (κ2) is 5.53. The molecule has 1 aromatic carbocycles. The van der Waals surface area contributed by atoms with Crippen LogP contribution in [0.25, 0.3) is 10.9 Å². The summed E-state index contributed by atoms with van der Waals surface area (Å²) in [5.41, 5.74) is 5.44. The number of guanidine groups is 1. The molecule has 5 heteroatoms. The van der Waals surface area contributed by atoms with Crippen molar-refractivity contribution in [3.8, 4) is 0 Å². The Kier molecular flexibility index (Phi) is 3.82. The third kappa shape index (κ3) is 2.30. The van der Waals surface area contributed by atoms with Crippen LogP contribution >= 0.6 is 0 Å². The maximum atomic E-state index is 4.30. The van der Waals surface area contributed by atoms with Crippen molar-refractivity contribution in [3.05, 3.63) is 30.0 Å². The van der Waals surface area contributed by atoms with E-state index in [1.165, 1.54) is 5.56 Å². The van der Waals surface area contributed by atoms with Crippen LogP contribution in [-0.2, 0) is 0 Å². The lowest BCUT2D eigenvalue weighted by Gasteiger charge is -2.08. The summed E-state index contributed by atoms with van der Waals surface area (Å²) in [5.74, 6) is 0.785. The highest BCUT2D eigenvalue weighted by Crippen LogP contribution is 2.16. The molecular formula is C13H19N5. The highest BCUT2D eigenvalue weighted by molar-refractivity contribution is 5.91. The second-order valence-corrected chi connectivity index (χ2v) is 3.84. The predicted molar refractivity (Wildman–Crippen MR) is 75.5 cm³/mol. The number of hydrogen-bond acceptors (Lipinski definition) is 4. The lowest BCUT2D eigenvalue weighted by molar-refractivity contribution is 0.829. The Morgan fingerprint density at radius 2 is 2.17 bits per heavy atom. The van der Waals surface area contributed by atoms with Crippen molar-refractivity contribution in [1.82, 2.24) is 15.2 Å². The van der Waals surface area contributed by atoms with Crippen molar-refractivity contribution in [2.24, 2.45) is 4.99 Å². The third-order valence-corrected chi connectivity index (χ3v) is 2.68. The Bertz CT molecular complexity index is 556. The topological polar surface area (TPSA) is 54.2 Å². The molecule has 1 aliphatic rings. The van der Waals surface area contributed by atoms with Crippen LogP contribution in [0.15, 0.2) is 29.4 Å².